The molecule has 0 amide bonds. The standard InChI is InChI=1S/C19H40N2O/c1-5-6-7-8-9-10-11-12-13-14-15-16-17-21(3,4)18-19(2)20-22/h5-18H2,1-4H3/p+1. The van der Waals surface area contributed by atoms with Gasteiger partial charge in [0.25, 0.3) is 0 Å². The fraction of sp³-hybridized carbons (Fsp3) is 0.947. The van der Waals surface area contributed by atoms with E-state index in [0.717, 1.165) is 16.7 Å². The third kappa shape index (κ3) is 14.4. The maximum atomic E-state index is 8.75. The zero-order valence-corrected chi connectivity index (χ0v) is 15.7. The van der Waals surface area contributed by atoms with E-state index in [-0.39, 0.29) is 0 Å². The molecule has 1 N–H and O–H groups in total. The SMILES string of the molecule is CCCCCCCCCCCCCC[N+](C)(C)CC(C)=NO. The smallest absolute Gasteiger partial charge is 0.120 e. The average molecular weight is 314 g/mol. The number of hydrogen-bond acceptors (Lipinski definition) is 2. The van der Waals surface area contributed by atoms with Crippen molar-refractivity contribution in [2.45, 2.75) is 90.9 Å². The third-order valence-electron chi connectivity index (χ3n) is 4.44. The number of unbranched alkanes of at least 4 members (excludes halogenated alkanes) is 11. The van der Waals surface area contributed by atoms with Crippen molar-refractivity contribution < 1.29 is 9.69 Å². The van der Waals surface area contributed by atoms with Gasteiger partial charge in [0.05, 0.1) is 20.6 Å². The molecule has 3 heteroatoms. The maximum absolute atomic E-state index is 8.75. The number of nitrogens with zero attached hydrogens (tertiary/aromatic N) is 2. The number of quaternary nitrogens is 1. The number of oxime groups is 1. The summed E-state index contributed by atoms with van der Waals surface area (Å²) in [5.74, 6) is 0. The van der Waals surface area contributed by atoms with Crippen molar-refractivity contribution >= 4 is 5.71 Å². The molecule has 0 aromatic heterocycles. The Balaban J connectivity index is 3.33. The first-order valence-corrected chi connectivity index (χ1v) is 9.51. The topological polar surface area (TPSA) is 32.6 Å². The third-order valence-corrected chi connectivity index (χ3v) is 4.44. The van der Waals surface area contributed by atoms with Crippen LogP contribution in [-0.2, 0) is 0 Å². The predicted molar refractivity (Wildman–Crippen MR) is 97.8 cm³/mol. The van der Waals surface area contributed by atoms with E-state index >= 15 is 0 Å². The summed E-state index contributed by atoms with van der Waals surface area (Å²) < 4.78 is 0.924. The molecule has 0 fully saturated rings. The molecule has 0 radical (unpaired) electrons. The molecule has 0 unspecified atom stereocenters. The summed E-state index contributed by atoms with van der Waals surface area (Å²) in [7, 11) is 4.43. The first-order valence-electron chi connectivity index (χ1n) is 9.51. The zero-order chi connectivity index (χ0) is 16.7. The first kappa shape index (κ1) is 21.4. The summed E-state index contributed by atoms with van der Waals surface area (Å²) in [6.45, 7) is 6.18. The summed E-state index contributed by atoms with van der Waals surface area (Å²) in [4.78, 5) is 0. The van der Waals surface area contributed by atoms with Gasteiger partial charge in [0.1, 0.15) is 12.3 Å². The second kappa shape index (κ2) is 14.0. The van der Waals surface area contributed by atoms with Crippen molar-refractivity contribution in [1.82, 2.24) is 0 Å². The molecule has 3 nitrogen and oxygen atoms in total. The van der Waals surface area contributed by atoms with Crippen LogP contribution in [-0.4, -0.2) is 42.6 Å². The minimum Gasteiger partial charge on any atom is -0.411 e. The molecule has 0 rings (SSSR count). The maximum Gasteiger partial charge on any atom is 0.120 e. The van der Waals surface area contributed by atoms with Crippen molar-refractivity contribution in [3.8, 4) is 0 Å². The highest BCUT2D eigenvalue weighted by molar-refractivity contribution is 5.82. The lowest BCUT2D eigenvalue weighted by molar-refractivity contribution is -0.881. The molecular formula is C19H41N2O+. The van der Waals surface area contributed by atoms with E-state index in [4.69, 9.17) is 5.21 Å². The van der Waals surface area contributed by atoms with Crippen LogP contribution >= 0.6 is 0 Å². The van der Waals surface area contributed by atoms with Gasteiger partial charge in [-0.2, -0.15) is 0 Å². The zero-order valence-electron chi connectivity index (χ0n) is 15.7. The van der Waals surface area contributed by atoms with Crippen molar-refractivity contribution in [1.29, 1.82) is 0 Å². The summed E-state index contributed by atoms with van der Waals surface area (Å²) in [5, 5.41) is 12.0. The highest BCUT2D eigenvalue weighted by atomic mass is 16.4. The Morgan fingerprint density at radius 3 is 1.59 bits per heavy atom. The van der Waals surface area contributed by atoms with Gasteiger partial charge in [-0.05, 0) is 19.8 Å². The van der Waals surface area contributed by atoms with Gasteiger partial charge in [0.15, 0.2) is 0 Å². The van der Waals surface area contributed by atoms with Crippen LogP contribution in [0.25, 0.3) is 0 Å². The molecule has 0 aliphatic carbocycles. The molecule has 0 aliphatic heterocycles. The van der Waals surface area contributed by atoms with E-state index in [9.17, 15) is 0 Å². The quantitative estimate of drug-likeness (QED) is 0.138. The molecule has 0 aromatic rings. The number of rotatable bonds is 15. The van der Waals surface area contributed by atoms with E-state index in [2.05, 4.69) is 26.2 Å². The van der Waals surface area contributed by atoms with Crippen LogP contribution in [0.1, 0.15) is 90.9 Å². The highest BCUT2D eigenvalue weighted by Gasteiger charge is 2.15. The molecule has 22 heavy (non-hydrogen) atoms. The van der Waals surface area contributed by atoms with E-state index < -0.39 is 0 Å². The molecule has 132 valence electrons. The monoisotopic (exact) mass is 313 g/mol. The van der Waals surface area contributed by atoms with Crippen LogP contribution in [0.15, 0.2) is 5.16 Å². The molecule has 0 bridgehead atoms. The molecule has 0 heterocycles. The normalized spacial score (nSPS) is 12.8. The van der Waals surface area contributed by atoms with Gasteiger partial charge in [-0.3, -0.25) is 0 Å². The lowest BCUT2D eigenvalue weighted by Crippen LogP contribution is -2.43. The lowest BCUT2D eigenvalue weighted by Gasteiger charge is -2.29. The molecule has 0 saturated carbocycles. The van der Waals surface area contributed by atoms with Crippen LogP contribution in [0.3, 0.4) is 0 Å². The van der Waals surface area contributed by atoms with Gasteiger partial charge < -0.3 is 9.69 Å². The highest BCUT2D eigenvalue weighted by Crippen LogP contribution is 2.12. The summed E-state index contributed by atoms with van der Waals surface area (Å²) in [5.41, 5.74) is 0.823. The van der Waals surface area contributed by atoms with Gasteiger partial charge >= 0.3 is 0 Å². The van der Waals surface area contributed by atoms with E-state index in [1.165, 1.54) is 83.6 Å². The van der Waals surface area contributed by atoms with Crippen molar-refractivity contribution in [3.63, 3.8) is 0 Å². The van der Waals surface area contributed by atoms with Crippen molar-refractivity contribution in [2.24, 2.45) is 5.16 Å². The van der Waals surface area contributed by atoms with Gasteiger partial charge in [0, 0.05) is 0 Å². The van der Waals surface area contributed by atoms with Gasteiger partial charge in [-0.15, -0.1) is 0 Å². The minimum absolute atomic E-state index is 0.823. The van der Waals surface area contributed by atoms with Gasteiger partial charge in [-0.1, -0.05) is 76.3 Å². The minimum atomic E-state index is 0.823. The Morgan fingerprint density at radius 1 is 0.773 bits per heavy atom. The van der Waals surface area contributed by atoms with Crippen molar-refractivity contribution in [2.75, 3.05) is 27.2 Å². The van der Waals surface area contributed by atoms with Gasteiger partial charge in [0.2, 0.25) is 0 Å². The molecular weight excluding hydrogens is 272 g/mol. The second-order valence-corrected chi connectivity index (χ2v) is 7.54. The Morgan fingerprint density at radius 2 is 1.18 bits per heavy atom. The molecule has 0 atom stereocenters. The Bertz CT molecular complexity index is 275. The van der Waals surface area contributed by atoms with E-state index in [1.54, 1.807) is 0 Å². The first-order chi connectivity index (χ1) is 10.5. The van der Waals surface area contributed by atoms with Crippen LogP contribution in [0.5, 0.6) is 0 Å². The molecule has 0 aliphatic rings. The lowest BCUT2D eigenvalue weighted by atomic mass is 10.1. The summed E-state index contributed by atoms with van der Waals surface area (Å²) in [6, 6.07) is 0. The van der Waals surface area contributed by atoms with Crippen LogP contribution < -0.4 is 0 Å². The van der Waals surface area contributed by atoms with E-state index in [1.807, 2.05) is 6.92 Å². The van der Waals surface area contributed by atoms with Crippen LogP contribution in [0, 0.1) is 0 Å². The predicted octanol–water partition coefficient (Wildman–Crippen LogP) is 5.61. The van der Waals surface area contributed by atoms with Gasteiger partial charge in [-0.25, -0.2) is 0 Å². The number of hydrogen-bond donors (Lipinski definition) is 1. The summed E-state index contributed by atoms with van der Waals surface area (Å²) >= 11 is 0. The molecule has 0 spiro atoms. The average Bonchev–Trinajstić information content (AvgIpc) is 2.47. The van der Waals surface area contributed by atoms with Crippen LogP contribution in [0.2, 0.25) is 0 Å². The Labute approximate surface area is 139 Å². The Kier molecular flexibility index (Phi) is 13.7. The van der Waals surface area contributed by atoms with E-state index in [0.29, 0.717) is 0 Å². The summed E-state index contributed by atoms with van der Waals surface area (Å²) in [6.07, 6.45) is 16.8. The molecule has 0 aromatic carbocycles. The van der Waals surface area contributed by atoms with Crippen molar-refractivity contribution in [3.05, 3.63) is 0 Å². The fourth-order valence-electron chi connectivity index (χ4n) is 3.11. The second-order valence-electron chi connectivity index (χ2n) is 7.54. The largest absolute Gasteiger partial charge is 0.411 e. The van der Waals surface area contributed by atoms with Crippen LogP contribution in [0.4, 0.5) is 0 Å². The fourth-order valence-corrected chi connectivity index (χ4v) is 3.11. The Hall–Kier alpha value is -0.570. The molecule has 0 saturated heterocycles.